The molecule has 0 atom stereocenters. The van der Waals surface area contributed by atoms with E-state index in [9.17, 15) is 4.79 Å². The van der Waals surface area contributed by atoms with Crippen LogP contribution in [0.1, 0.15) is 32.1 Å². The van der Waals surface area contributed by atoms with Gasteiger partial charge in [0, 0.05) is 18.8 Å². The number of methoxy groups -OCH3 is 1. The maximum Gasteiger partial charge on any atom is 0.321 e. The van der Waals surface area contributed by atoms with Crippen molar-refractivity contribution in [2.24, 2.45) is 0 Å². The number of rotatable bonds is 3. The summed E-state index contributed by atoms with van der Waals surface area (Å²) in [6.45, 7) is 0. The summed E-state index contributed by atoms with van der Waals surface area (Å²) >= 11 is 0. The summed E-state index contributed by atoms with van der Waals surface area (Å²) in [5.74, 6) is 0.790. The zero-order valence-electron chi connectivity index (χ0n) is 11.7. The SMILES string of the molecule is COc1ccc(NC(=O)N(C)C2CCCCC2)cc1. The third-order valence-electron chi connectivity index (χ3n) is 3.78. The van der Waals surface area contributed by atoms with Gasteiger partial charge in [-0.05, 0) is 37.1 Å². The summed E-state index contributed by atoms with van der Waals surface area (Å²) in [5, 5.41) is 2.92. The Balaban J connectivity index is 1.91. The van der Waals surface area contributed by atoms with Gasteiger partial charge in [-0.25, -0.2) is 4.79 Å². The highest BCUT2D eigenvalue weighted by molar-refractivity contribution is 5.89. The molecule has 0 unspecified atom stereocenters. The van der Waals surface area contributed by atoms with Crippen molar-refractivity contribution in [3.63, 3.8) is 0 Å². The number of nitrogens with one attached hydrogen (secondary N) is 1. The Bertz CT molecular complexity index is 411. The summed E-state index contributed by atoms with van der Waals surface area (Å²) in [6, 6.07) is 7.74. The number of amides is 2. The minimum Gasteiger partial charge on any atom is -0.497 e. The summed E-state index contributed by atoms with van der Waals surface area (Å²) in [7, 11) is 3.51. The van der Waals surface area contributed by atoms with Crippen molar-refractivity contribution in [2.75, 3.05) is 19.5 Å². The zero-order valence-corrected chi connectivity index (χ0v) is 11.7. The lowest BCUT2D eigenvalue weighted by Crippen LogP contribution is -2.40. The molecule has 0 aromatic heterocycles. The number of urea groups is 1. The average Bonchev–Trinajstić information content (AvgIpc) is 2.48. The third-order valence-corrected chi connectivity index (χ3v) is 3.78. The average molecular weight is 262 g/mol. The fraction of sp³-hybridized carbons (Fsp3) is 0.533. The maximum absolute atomic E-state index is 12.1. The van der Waals surface area contributed by atoms with Crippen LogP contribution in [0, 0.1) is 0 Å². The van der Waals surface area contributed by atoms with Crippen LogP contribution in [0.5, 0.6) is 5.75 Å². The molecule has 0 heterocycles. The summed E-state index contributed by atoms with van der Waals surface area (Å²) in [4.78, 5) is 14.0. The number of anilines is 1. The lowest BCUT2D eigenvalue weighted by molar-refractivity contribution is 0.186. The molecule has 2 amide bonds. The van der Waals surface area contributed by atoms with Crippen molar-refractivity contribution in [3.05, 3.63) is 24.3 Å². The molecule has 0 bridgehead atoms. The van der Waals surface area contributed by atoms with E-state index < -0.39 is 0 Å². The normalized spacial score (nSPS) is 15.9. The molecular formula is C15H22N2O2. The fourth-order valence-corrected chi connectivity index (χ4v) is 2.52. The molecule has 1 saturated carbocycles. The van der Waals surface area contributed by atoms with Crippen LogP contribution in [0.3, 0.4) is 0 Å². The van der Waals surface area contributed by atoms with Crippen LogP contribution in [0.4, 0.5) is 10.5 Å². The zero-order chi connectivity index (χ0) is 13.7. The Kier molecular flexibility index (Phi) is 4.66. The van der Waals surface area contributed by atoms with Gasteiger partial charge in [-0.2, -0.15) is 0 Å². The predicted octanol–water partition coefficient (Wildman–Crippen LogP) is 3.49. The molecule has 0 saturated heterocycles. The van der Waals surface area contributed by atoms with Crippen molar-refractivity contribution in [1.82, 2.24) is 4.90 Å². The van der Waals surface area contributed by atoms with Gasteiger partial charge in [0.2, 0.25) is 0 Å². The maximum atomic E-state index is 12.1. The Morgan fingerprint density at radius 1 is 1.21 bits per heavy atom. The highest BCUT2D eigenvalue weighted by Crippen LogP contribution is 2.22. The highest BCUT2D eigenvalue weighted by Gasteiger charge is 2.21. The second-order valence-electron chi connectivity index (χ2n) is 5.06. The van der Waals surface area contributed by atoms with Gasteiger partial charge < -0.3 is 15.0 Å². The Morgan fingerprint density at radius 3 is 2.42 bits per heavy atom. The lowest BCUT2D eigenvalue weighted by Gasteiger charge is -2.31. The number of carbonyl (C=O) groups excluding carboxylic acids is 1. The first kappa shape index (κ1) is 13.7. The number of ether oxygens (including phenoxy) is 1. The van der Waals surface area contributed by atoms with Gasteiger partial charge in [0.15, 0.2) is 0 Å². The Morgan fingerprint density at radius 2 is 1.84 bits per heavy atom. The van der Waals surface area contributed by atoms with Crippen LogP contribution in [0.15, 0.2) is 24.3 Å². The molecule has 104 valence electrons. The monoisotopic (exact) mass is 262 g/mol. The fourth-order valence-electron chi connectivity index (χ4n) is 2.52. The molecule has 1 fully saturated rings. The van der Waals surface area contributed by atoms with Crippen molar-refractivity contribution < 1.29 is 9.53 Å². The van der Waals surface area contributed by atoms with E-state index in [4.69, 9.17) is 4.74 Å². The van der Waals surface area contributed by atoms with Crippen molar-refractivity contribution in [3.8, 4) is 5.75 Å². The van der Waals surface area contributed by atoms with Crippen LogP contribution >= 0.6 is 0 Å². The van der Waals surface area contributed by atoms with Crippen LogP contribution in [0.25, 0.3) is 0 Å². The van der Waals surface area contributed by atoms with Gasteiger partial charge in [0.05, 0.1) is 7.11 Å². The van der Waals surface area contributed by atoms with Gasteiger partial charge in [0.25, 0.3) is 0 Å². The number of carbonyl (C=O) groups is 1. The van der Waals surface area contributed by atoms with Crippen LogP contribution in [-0.2, 0) is 0 Å². The number of benzene rings is 1. The quantitative estimate of drug-likeness (QED) is 0.906. The van der Waals surface area contributed by atoms with E-state index in [0.29, 0.717) is 6.04 Å². The minimum atomic E-state index is -0.0305. The van der Waals surface area contributed by atoms with Crippen LogP contribution in [-0.4, -0.2) is 31.1 Å². The number of nitrogens with zero attached hydrogens (tertiary/aromatic N) is 1. The molecule has 1 aliphatic carbocycles. The standard InChI is InChI=1S/C15H22N2O2/c1-17(13-6-4-3-5-7-13)15(18)16-12-8-10-14(19-2)11-9-12/h8-11,13H,3-7H2,1-2H3,(H,16,18). The van der Waals surface area contributed by atoms with E-state index in [-0.39, 0.29) is 6.03 Å². The first-order chi connectivity index (χ1) is 9.20. The molecule has 4 heteroatoms. The second-order valence-corrected chi connectivity index (χ2v) is 5.06. The number of hydrogen-bond donors (Lipinski definition) is 1. The van der Waals surface area contributed by atoms with Crippen LogP contribution in [0.2, 0.25) is 0 Å². The molecule has 2 rings (SSSR count). The molecule has 4 nitrogen and oxygen atoms in total. The smallest absolute Gasteiger partial charge is 0.321 e. The summed E-state index contributed by atoms with van der Waals surface area (Å²) < 4.78 is 5.09. The molecule has 1 aromatic carbocycles. The van der Waals surface area contributed by atoms with Crippen molar-refractivity contribution in [2.45, 2.75) is 38.1 Å². The van der Waals surface area contributed by atoms with Gasteiger partial charge >= 0.3 is 6.03 Å². The number of hydrogen-bond acceptors (Lipinski definition) is 2. The van der Waals surface area contributed by atoms with E-state index in [1.54, 1.807) is 7.11 Å². The predicted molar refractivity (Wildman–Crippen MR) is 76.6 cm³/mol. The third kappa shape index (κ3) is 3.63. The summed E-state index contributed by atoms with van der Waals surface area (Å²) in [5.41, 5.74) is 0.799. The van der Waals surface area contributed by atoms with E-state index >= 15 is 0 Å². The molecule has 19 heavy (non-hydrogen) atoms. The lowest BCUT2D eigenvalue weighted by atomic mass is 9.95. The highest BCUT2D eigenvalue weighted by atomic mass is 16.5. The molecule has 1 aliphatic rings. The van der Waals surface area contributed by atoms with Gasteiger partial charge in [0.1, 0.15) is 5.75 Å². The first-order valence-electron chi connectivity index (χ1n) is 6.88. The largest absolute Gasteiger partial charge is 0.497 e. The van der Waals surface area contributed by atoms with Gasteiger partial charge in [-0.1, -0.05) is 19.3 Å². The second kappa shape index (κ2) is 6.45. The molecule has 0 aliphatic heterocycles. The van der Waals surface area contributed by atoms with E-state index in [1.165, 1.54) is 19.3 Å². The Hall–Kier alpha value is -1.71. The molecule has 0 radical (unpaired) electrons. The van der Waals surface area contributed by atoms with Gasteiger partial charge in [-0.3, -0.25) is 0 Å². The van der Waals surface area contributed by atoms with Crippen LogP contribution < -0.4 is 10.1 Å². The molecular weight excluding hydrogens is 240 g/mol. The Labute approximate surface area is 114 Å². The summed E-state index contributed by atoms with van der Waals surface area (Å²) in [6.07, 6.45) is 5.99. The molecule has 0 spiro atoms. The van der Waals surface area contributed by atoms with Gasteiger partial charge in [-0.15, -0.1) is 0 Å². The molecule has 1 aromatic rings. The van der Waals surface area contributed by atoms with Crippen molar-refractivity contribution >= 4 is 11.7 Å². The minimum absolute atomic E-state index is 0.0305. The van der Waals surface area contributed by atoms with E-state index in [2.05, 4.69) is 5.32 Å². The van der Waals surface area contributed by atoms with E-state index in [0.717, 1.165) is 24.3 Å². The molecule has 1 N–H and O–H groups in total. The topological polar surface area (TPSA) is 41.6 Å². The van der Waals surface area contributed by atoms with Crippen molar-refractivity contribution in [1.29, 1.82) is 0 Å². The van der Waals surface area contributed by atoms with E-state index in [1.807, 2.05) is 36.2 Å². The first-order valence-corrected chi connectivity index (χ1v) is 6.88.